The summed E-state index contributed by atoms with van der Waals surface area (Å²) in [6, 6.07) is 7.85. The van der Waals surface area contributed by atoms with Gasteiger partial charge in [0.2, 0.25) is 17.6 Å². The second-order valence-corrected chi connectivity index (χ2v) is 7.58. The summed E-state index contributed by atoms with van der Waals surface area (Å²) < 4.78 is 50.3. The van der Waals surface area contributed by atoms with Crippen LogP contribution in [0.4, 0.5) is 29.6 Å². The third-order valence-corrected chi connectivity index (χ3v) is 5.08. The lowest BCUT2D eigenvalue weighted by Crippen LogP contribution is -2.32. The molecule has 1 unspecified atom stereocenters. The Kier molecular flexibility index (Phi) is 6.85. The van der Waals surface area contributed by atoms with Crippen LogP contribution in [0.1, 0.15) is 29.6 Å². The minimum absolute atomic E-state index is 0.0671. The molecule has 10 nitrogen and oxygen atoms in total. The summed E-state index contributed by atoms with van der Waals surface area (Å²) in [6.45, 7) is 2.95. The maximum Gasteiger partial charge on any atom is 0.452 e. The molecule has 1 aromatic carbocycles. The van der Waals surface area contributed by atoms with Gasteiger partial charge in [-0.1, -0.05) is 18.2 Å². The van der Waals surface area contributed by atoms with Gasteiger partial charge in [-0.2, -0.15) is 13.2 Å². The van der Waals surface area contributed by atoms with E-state index in [4.69, 9.17) is 9.15 Å². The topological polar surface area (TPSA) is 122 Å². The second-order valence-electron chi connectivity index (χ2n) is 7.58. The van der Waals surface area contributed by atoms with E-state index in [2.05, 4.69) is 25.6 Å². The van der Waals surface area contributed by atoms with Crippen molar-refractivity contribution in [1.82, 2.24) is 19.9 Å². The van der Waals surface area contributed by atoms with Crippen molar-refractivity contribution in [2.45, 2.75) is 25.6 Å². The number of alkyl halides is 3. The summed E-state index contributed by atoms with van der Waals surface area (Å²) in [7, 11) is 0. The summed E-state index contributed by atoms with van der Waals surface area (Å²) in [6.07, 6.45) is -2.16. The van der Waals surface area contributed by atoms with Gasteiger partial charge in [0, 0.05) is 24.7 Å². The van der Waals surface area contributed by atoms with Crippen LogP contribution in [0.3, 0.4) is 0 Å². The van der Waals surface area contributed by atoms with E-state index >= 15 is 0 Å². The number of benzene rings is 1. The van der Waals surface area contributed by atoms with E-state index in [-0.39, 0.29) is 30.2 Å². The van der Waals surface area contributed by atoms with Crippen molar-refractivity contribution in [3.05, 3.63) is 54.2 Å². The van der Waals surface area contributed by atoms with Crippen molar-refractivity contribution >= 4 is 23.6 Å². The van der Waals surface area contributed by atoms with Crippen LogP contribution in [-0.4, -0.2) is 57.6 Å². The maximum atomic E-state index is 13.5. The van der Waals surface area contributed by atoms with Gasteiger partial charge in [-0.05, 0) is 25.5 Å². The molecule has 4 rings (SSSR count). The Hall–Kier alpha value is -4.16. The lowest BCUT2D eigenvalue weighted by Gasteiger charge is -2.16. The number of aromatic nitrogens is 3. The molecule has 0 spiro atoms. The van der Waals surface area contributed by atoms with Crippen LogP contribution in [0.2, 0.25) is 0 Å². The predicted molar refractivity (Wildman–Crippen MR) is 118 cm³/mol. The van der Waals surface area contributed by atoms with Crippen LogP contribution in [0.5, 0.6) is 0 Å². The van der Waals surface area contributed by atoms with Crippen LogP contribution < -0.4 is 10.6 Å². The molecular formula is C22H21F3N6O4. The fourth-order valence-corrected chi connectivity index (χ4v) is 3.47. The minimum atomic E-state index is -4.92. The summed E-state index contributed by atoms with van der Waals surface area (Å²) in [5.74, 6) is -2.70. The second kappa shape index (κ2) is 9.99. The van der Waals surface area contributed by atoms with Crippen LogP contribution in [-0.2, 0) is 10.9 Å². The molecule has 2 N–H and O–H groups in total. The smallest absolute Gasteiger partial charge is 0.450 e. The van der Waals surface area contributed by atoms with E-state index in [1.807, 2.05) is 0 Å². The monoisotopic (exact) mass is 490 g/mol. The molecule has 2 aromatic heterocycles. The maximum absolute atomic E-state index is 13.5. The Bertz CT molecular complexity index is 1180. The molecule has 0 bridgehead atoms. The van der Waals surface area contributed by atoms with E-state index in [0.29, 0.717) is 25.1 Å². The zero-order chi connectivity index (χ0) is 25.0. The van der Waals surface area contributed by atoms with Crippen molar-refractivity contribution in [2.24, 2.45) is 0 Å². The van der Waals surface area contributed by atoms with Gasteiger partial charge in [-0.3, -0.25) is 4.79 Å². The number of anilines is 2. The third-order valence-electron chi connectivity index (χ3n) is 5.08. The third kappa shape index (κ3) is 5.67. The summed E-state index contributed by atoms with van der Waals surface area (Å²) in [5.41, 5.74) is -0.537. The molecule has 3 aromatic rings. The summed E-state index contributed by atoms with van der Waals surface area (Å²) >= 11 is 0. The lowest BCUT2D eigenvalue weighted by molar-refractivity contribution is -0.153. The van der Waals surface area contributed by atoms with E-state index < -0.39 is 29.6 Å². The van der Waals surface area contributed by atoms with Gasteiger partial charge >= 0.3 is 12.3 Å². The molecule has 1 atom stereocenters. The molecule has 1 saturated heterocycles. The van der Waals surface area contributed by atoms with Gasteiger partial charge in [-0.15, -0.1) is 0 Å². The average molecular weight is 490 g/mol. The first-order chi connectivity index (χ1) is 16.7. The zero-order valence-corrected chi connectivity index (χ0v) is 18.5. The molecule has 35 heavy (non-hydrogen) atoms. The van der Waals surface area contributed by atoms with Gasteiger partial charge in [0.05, 0.1) is 24.7 Å². The Labute approximate surface area is 197 Å². The molecule has 2 amide bonds. The Morgan fingerprint density at radius 3 is 2.57 bits per heavy atom. The number of oxazole rings is 1. The van der Waals surface area contributed by atoms with Gasteiger partial charge in [0.15, 0.2) is 5.69 Å². The van der Waals surface area contributed by atoms with Crippen molar-refractivity contribution in [3.8, 4) is 11.5 Å². The summed E-state index contributed by atoms with van der Waals surface area (Å²) in [4.78, 5) is 37.9. The number of hydrogen-bond acceptors (Lipinski definition) is 8. The number of nitrogens with zero attached hydrogens (tertiary/aromatic N) is 4. The first-order valence-electron chi connectivity index (χ1n) is 10.7. The largest absolute Gasteiger partial charge is 0.452 e. The number of carbonyl (C=O) groups excluding carboxylic acids is 2. The number of carbonyl (C=O) groups is 2. The van der Waals surface area contributed by atoms with E-state index in [9.17, 15) is 22.8 Å². The quantitative estimate of drug-likeness (QED) is 0.531. The van der Waals surface area contributed by atoms with E-state index in [0.717, 1.165) is 0 Å². The fraction of sp³-hybridized carbons (Fsp3) is 0.318. The molecular weight excluding hydrogens is 469 g/mol. The molecule has 0 saturated carbocycles. The molecule has 0 radical (unpaired) electrons. The number of rotatable bonds is 6. The Balaban J connectivity index is 1.42. The van der Waals surface area contributed by atoms with Gasteiger partial charge in [0.25, 0.3) is 5.91 Å². The Morgan fingerprint density at radius 2 is 1.91 bits per heavy atom. The number of nitrogens with one attached hydrogen (secondary N) is 2. The highest BCUT2D eigenvalue weighted by Crippen LogP contribution is 2.35. The van der Waals surface area contributed by atoms with Crippen molar-refractivity contribution in [1.29, 1.82) is 0 Å². The average Bonchev–Trinajstić information content (AvgIpc) is 3.49. The zero-order valence-electron chi connectivity index (χ0n) is 18.5. The molecule has 0 aliphatic carbocycles. The van der Waals surface area contributed by atoms with Crippen LogP contribution >= 0.6 is 0 Å². The van der Waals surface area contributed by atoms with Crippen molar-refractivity contribution < 1.29 is 31.9 Å². The standard InChI is InChI=1S/C22H21F3N6O4/c1-2-34-21(33)31-9-8-14(12-31)29-20-26-10-15(11-27-20)28-18(32)16-17(22(23,24)25)35-19(30-16)13-6-4-3-5-7-13/h3-7,10-11,14H,2,8-9,12H2,1H3,(H,28,32)(H,26,27,29). The lowest BCUT2D eigenvalue weighted by atomic mass is 10.2. The number of ether oxygens (including phenoxy) is 1. The highest BCUT2D eigenvalue weighted by molar-refractivity contribution is 6.03. The predicted octanol–water partition coefficient (Wildman–Crippen LogP) is 4.05. The highest BCUT2D eigenvalue weighted by Gasteiger charge is 2.42. The van der Waals surface area contributed by atoms with Gasteiger partial charge in [0.1, 0.15) is 0 Å². The number of halogens is 3. The number of likely N-dealkylation sites (tertiary alicyclic amines) is 1. The first-order valence-corrected chi connectivity index (χ1v) is 10.7. The molecule has 3 heterocycles. The number of amides is 2. The van der Waals surface area contributed by atoms with Gasteiger partial charge in [-0.25, -0.2) is 19.7 Å². The van der Waals surface area contributed by atoms with E-state index in [1.165, 1.54) is 24.5 Å². The molecule has 1 fully saturated rings. The fourth-order valence-electron chi connectivity index (χ4n) is 3.47. The van der Waals surface area contributed by atoms with E-state index in [1.54, 1.807) is 30.0 Å². The normalized spacial score (nSPS) is 15.7. The SMILES string of the molecule is CCOC(=O)N1CCC(Nc2ncc(NC(=O)c3nc(-c4ccccc4)oc3C(F)(F)F)cn2)C1. The molecule has 1 aliphatic rings. The van der Waals surface area contributed by atoms with Crippen LogP contribution in [0.25, 0.3) is 11.5 Å². The van der Waals surface area contributed by atoms with Gasteiger partial charge < -0.3 is 24.7 Å². The molecule has 1 aliphatic heterocycles. The highest BCUT2D eigenvalue weighted by atomic mass is 19.4. The molecule has 13 heteroatoms. The van der Waals surface area contributed by atoms with Crippen LogP contribution in [0.15, 0.2) is 47.1 Å². The summed E-state index contributed by atoms with van der Waals surface area (Å²) in [5, 5.41) is 5.38. The minimum Gasteiger partial charge on any atom is -0.450 e. The van der Waals surface area contributed by atoms with Crippen molar-refractivity contribution in [3.63, 3.8) is 0 Å². The Morgan fingerprint density at radius 1 is 1.20 bits per heavy atom. The van der Waals surface area contributed by atoms with Crippen molar-refractivity contribution in [2.75, 3.05) is 30.3 Å². The number of hydrogen-bond donors (Lipinski definition) is 2. The van der Waals surface area contributed by atoms with Crippen LogP contribution in [0, 0.1) is 0 Å². The first kappa shape index (κ1) is 24.0. The molecule has 184 valence electrons.